The van der Waals surface area contributed by atoms with Crippen LogP contribution in [0.15, 0.2) is 18.2 Å². The molecule has 1 aromatic carbocycles. The molecule has 0 spiro atoms. The highest BCUT2D eigenvalue weighted by Crippen LogP contribution is 2.21. The van der Waals surface area contributed by atoms with E-state index in [4.69, 9.17) is 28.3 Å². The SMILES string of the molecule is CN(CCCC(=O)O)Cc1cc(Cl)ccc1Cl. The van der Waals surface area contributed by atoms with E-state index in [1.54, 1.807) is 12.1 Å². The summed E-state index contributed by atoms with van der Waals surface area (Å²) in [7, 11) is 1.93. The lowest BCUT2D eigenvalue weighted by molar-refractivity contribution is -0.137. The minimum Gasteiger partial charge on any atom is -0.481 e. The number of aliphatic carboxylic acids is 1. The maximum atomic E-state index is 10.4. The van der Waals surface area contributed by atoms with Crippen molar-refractivity contribution >= 4 is 29.2 Å². The topological polar surface area (TPSA) is 40.5 Å². The third-order valence-electron chi connectivity index (χ3n) is 2.38. The van der Waals surface area contributed by atoms with Crippen LogP contribution in [-0.4, -0.2) is 29.6 Å². The van der Waals surface area contributed by atoms with Crippen LogP contribution in [0.2, 0.25) is 10.0 Å². The molecule has 0 saturated heterocycles. The van der Waals surface area contributed by atoms with Crippen LogP contribution in [0.25, 0.3) is 0 Å². The van der Waals surface area contributed by atoms with Gasteiger partial charge in [0.2, 0.25) is 0 Å². The molecule has 1 N–H and O–H groups in total. The average Bonchev–Trinajstić information content (AvgIpc) is 2.23. The fourth-order valence-corrected chi connectivity index (χ4v) is 1.91. The van der Waals surface area contributed by atoms with Crippen LogP contribution < -0.4 is 0 Å². The Morgan fingerprint density at radius 2 is 2.12 bits per heavy atom. The summed E-state index contributed by atoms with van der Waals surface area (Å²) in [6.45, 7) is 1.38. The summed E-state index contributed by atoms with van der Waals surface area (Å²) in [5.41, 5.74) is 0.956. The van der Waals surface area contributed by atoms with Crippen LogP contribution in [-0.2, 0) is 11.3 Å². The number of hydrogen-bond acceptors (Lipinski definition) is 2. The number of carboxylic acids is 1. The van der Waals surface area contributed by atoms with Gasteiger partial charge in [0, 0.05) is 23.0 Å². The maximum absolute atomic E-state index is 10.4. The number of carbonyl (C=O) groups is 1. The zero-order chi connectivity index (χ0) is 12.8. The highest BCUT2D eigenvalue weighted by atomic mass is 35.5. The fourth-order valence-electron chi connectivity index (χ4n) is 1.53. The number of halogens is 2. The van der Waals surface area contributed by atoms with Crippen LogP contribution in [0, 0.1) is 0 Å². The molecule has 0 heterocycles. The minimum atomic E-state index is -0.765. The Morgan fingerprint density at radius 3 is 2.76 bits per heavy atom. The van der Waals surface area contributed by atoms with Crippen molar-refractivity contribution in [1.29, 1.82) is 0 Å². The quantitative estimate of drug-likeness (QED) is 0.866. The van der Waals surface area contributed by atoms with Gasteiger partial charge in [-0.25, -0.2) is 0 Å². The van der Waals surface area contributed by atoms with Gasteiger partial charge < -0.3 is 10.0 Å². The van der Waals surface area contributed by atoms with Crippen molar-refractivity contribution in [3.05, 3.63) is 33.8 Å². The Bertz CT molecular complexity index is 396. The second-order valence-corrected chi connectivity index (χ2v) is 4.81. The van der Waals surface area contributed by atoms with Crippen LogP contribution in [0.1, 0.15) is 18.4 Å². The molecule has 1 aromatic rings. The summed E-state index contributed by atoms with van der Waals surface area (Å²) >= 11 is 11.9. The summed E-state index contributed by atoms with van der Waals surface area (Å²) in [4.78, 5) is 12.4. The molecule has 0 amide bonds. The molecular weight excluding hydrogens is 261 g/mol. The first-order chi connectivity index (χ1) is 7.99. The predicted molar refractivity (Wildman–Crippen MR) is 69.7 cm³/mol. The standard InChI is InChI=1S/C12H15Cl2NO2/c1-15(6-2-3-12(16)17)8-9-7-10(13)4-5-11(9)14/h4-5,7H,2-3,6,8H2,1H3,(H,16,17). The fraction of sp³-hybridized carbons (Fsp3) is 0.417. The molecule has 0 aliphatic heterocycles. The first-order valence-electron chi connectivity index (χ1n) is 5.33. The van der Waals surface area contributed by atoms with Crippen molar-refractivity contribution in [2.45, 2.75) is 19.4 Å². The molecule has 0 atom stereocenters. The lowest BCUT2D eigenvalue weighted by Crippen LogP contribution is -2.20. The van der Waals surface area contributed by atoms with Crippen molar-refractivity contribution in [2.75, 3.05) is 13.6 Å². The lowest BCUT2D eigenvalue weighted by Gasteiger charge is -2.17. The summed E-state index contributed by atoms with van der Waals surface area (Å²) in [6.07, 6.45) is 0.817. The van der Waals surface area contributed by atoms with Gasteiger partial charge in [0.15, 0.2) is 0 Å². The van der Waals surface area contributed by atoms with E-state index >= 15 is 0 Å². The Morgan fingerprint density at radius 1 is 1.41 bits per heavy atom. The van der Waals surface area contributed by atoms with Crippen LogP contribution in [0.3, 0.4) is 0 Å². The molecule has 5 heteroatoms. The largest absolute Gasteiger partial charge is 0.481 e. The molecule has 0 aliphatic carbocycles. The average molecular weight is 276 g/mol. The third kappa shape index (κ3) is 5.39. The van der Waals surface area contributed by atoms with Gasteiger partial charge in [-0.2, -0.15) is 0 Å². The first kappa shape index (κ1) is 14.3. The summed E-state index contributed by atoms with van der Waals surface area (Å²) in [5.74, 6) is -0.765. The van der Waals surface area contributed by atoms with Crippen LogP contribution >= 0.6 is 23.2 Å². The molecule has 0 aliphatic rings. The smallest absolute Gasteiger partial charge is 0.303 e. The van der Waals surface area contributed by atoms with Crippen molar-refractivity contribution in [2.24, 2.45) is 0 Å². The maximum Gasteiger partial charge on any atom is 0.303 e. The molecular formula is C12H15Cl2NO2. The molecule has 0 aromatic heterocycles. The van der Waals surface area contributed by atoms with Gasteiger partial charge in [-0.1, -0.05) is 23.2 Å². The predicted octanol–water partition coefficient (Wildman–Crippen LogP) is 3.29. The number of rotatable bonds is 6. The van der Waals surface area contributed by atoms with Gasteiger partial charge in [0.25, 0.3) is 0 Å². The monoisotopic (exact) mass is 275 g/mol. The van der Waals surface area contributed by atoms with Crippen molar-refractivity contribution in [3.63, 3.8) is 0 Å². The van der Waals surface area contributed by atoms with E-state index in [9.17, 15) is 4.79 Å². The van der Waals surface area contributed by atoms with Gasteiger partial charge in [0.05, 0.1) is 0 Å². The summed E-state index contributed by atoms with van der Waals surface area (Å²) < 4.78 is 0. The van der Waals surface area contributed by atoms with E-state index < -0.39 is 5.97 Å². The Balaban J connectivity index is 2.47. The van der Waals surface area contributed by atoms with Gasteiger partial charge in [-0.3, -0.25) is 4.79 Å². The van der Waals surface area contributed by atoms with E-state index in [0.29, 0.717) is 23.0 Å². The van der Waals surface area contributed by atoms with Gasteiger partial charge in [-0.05, 0) is 43.8 Å². The van der Waals surface area contributed by atoms with E-state index in [0.717, 1.165) is 12.1 Å². The van der Waals surface area contributed by atoms with Gasteiger partial charge in [-0.15, -0.1) is 0 Å². The second kappa shape index (κ2) is 6.84. The Labute approximate surface area is 111 Å². The van der Waals surface area contributed by atoms with Crippen LogP contribution in [0.4, 0.5) is 0 Å². The van der Waals surface area contributed by atoms with Crippen molar-refractivity contribution < 1.29 is 9.90 Å². The highest BCUT2D eigenvalue weighted by Gasteiger charge is 2.06. The summed E-state index contributed by atoms with van der Waals surface area (Å²) in [6, 6.07) is 5.35. The second-order valence-electron chi connectivity index (χ2n) is 3.97. The van der Waals surface area contributed by atoms with Gasteiger partial charge >= 0.3 is 5.97 Å². The lowest BCUT2D eigenvalue weighted by atomic mass is 10.2. The van der Waals surface area contributed by atoms with Gasteiger partial charge in [0.1, 0.15) is 0 Å². The third-order valence-corrected chi connectivity index (χ3v) is 2.98. The Hall–Kier alpha value is -0.770. The van der Waals surface area contributed by atoms with Crippen molar-refractivity contribution in [1.82, 2.24) is 4.90 Å². The number of carboxylic acid groups (broad SMARTS) is 1. The Kier molecular flexibility index (Phi) is 5.75. The molecule has 17 heavy (non-hydrogen) atoms. The number of hydrogen-bond donors (Lipinski definition) is 1. The molecule has 94 valence electrons. The molecule has 0 radical (unpaired) electrons. The van der Waals surface area contributed by atoms with Crippen molar-refractivity contribution in [3.8, 4) is 0 Å². The summed E-state index contributed by atoms with van der Waals surface area (Å²) in [5, 5.41) is 9.88. The molecule has 0 saturated carbocycles. The number of benzene rings is 1. The van der Waals surface area contributed by atoms with E-state index in [1.807, 2.05) is 18.0 Å². The normalized spacial score (nSPS) is 10.8. The van der Waals surface area contributed by atoms with Crippen LogP contribution in [0.5, 0.6) is 0 Å². The van der Waals surface area contributed by atoms with E-state index in [-0.39, 0.29) is 6.42 Å². The number of nitrogens with zero attached hydrogens (tertiary/aromatic N) is 1. The molecule has 1 rings (SSSR count). The molecule has 3 nitrogen and oxygen atoms in total. The zero-order valence-corrected chi connectivity index (χ0v) is 11.1. The van der Waals surface area contributed by atoms with E-state index in [2.05, 4.69) is 0 Å². The highest BCUT2D eigenvalue weighted by molar-refractivity contribution is 6.33. The first-order valence-corrected chi connectivity index (χ1v) is 6.09. The molecule has 0 fully saturated rings. The molecule has 0 unspecified atom stereocenters. The van der Waals surface area contributed by atoms with E-state index in [1.165, 1.54) is 0 Å². The minimum absolute atomic E-state index is 0.188. The zero-order valence-electron chi connectivity index (χ0n) is 9.62. The molecule has 0 bridgehead atoms.